The summed E-state index contributed by atoms with van der Waals surface area (Å²) in [7, 11) is 1.67. The van der Waals surface area contributed by atoms with Gasteiger partial charge in [-0.1, -0.05) is 48.4 Å². The van der Waals surface area contributed by atoms with Crippen LogP contribution in [-0.2, 0) is 0 Å². The molecule has 4 rings (SSSR count). The molecule has 1 aliphatic rings. The second-order valence-corrected chi connectivity index (χ2v) is 8.07. The maximum Gasteiger partial charge on any atom is 0.292 e. The number of hydrogen-bond donors (Lipinski definition) is 1. The second kappa shape index (κ2) is 9.98. The van der Waals surface area contributed by atoms with Crippen molar-refractivity contribution in [2.75, 3.05) is 32.1 Å². The lowest BCUT2D eigenvalue weighted by atomic mass is 10.0. The van der Waals surface area contributed by atoms with Crippen LogP contribution in [0.3, 0.4) is 0 Å². The molecule has 6 nitrogen and oxygen atoms in total. The van der Waals surface area contributed by atoms with E-state index in [1.54, 1.807) is 13.3 Å². The number of nitrogens with one attached hydrogen (secondary N) is 1. The van der Waals surface area contributed by atoms with Crippen molar-refractivity contribution < 1.29 is 4.74 Å². The average molecular weight is 439 g/mol. The number of hydrogen-bond acceptors (Lipinski definition) is 5. The fourth-order valence-electron chi connectivity index (χ4n) is 4.03. The number of halogens is 1. The molecule has 1 atom stereocenters. The van der Waals surface area contributed by atoms with Gasteiger partial charge < -0.3 is 10.1 Å². The zero-order chi connectivity index (χ0) is 21.6. The van der Waals surface area contributed by atoms with Gasteiger partial charge in [0, 0.05) is 6.54 Å². The predicted molar refractivity (Wildman–Crippen MR) is 124 cm³/mol. The third-order valence-corrected chi connectivity index (χ3v) is 6.10. The summed E-state index contributed by atoms with van der Waals surface area (Å²) in [4.78, 5) is 15.3. The maximum absolute atomic E-state index is 12.8. The monoisotopic (exact) mass is 438 g/mol. The SMILES string of the molecule is COc1ccc(C(CNc2cnn(-c3ccccc3)c(=O)c2Cl)N2CCCCC2)cc1. The van der Waals surface area contributed by atoms with Crippen LogP contribution in [0.15, 0.2) is 65.6 Å². The van der Waals surface area contributed by atoms with Gasteiger partial charge in [0.1, 0.15) is 10.8 Å². The van der Waals surface area contributed by atoms with E-state index in [1.807, 2.05) is 42.5 Å². The van der Waals surface area contributed by atoms with Crippen molar-refractivity contribution in [1.29, 1.82) is 0 Å². The van der Waals surface area contributed by atoms with Crippen LogP contribution in [-0.4, -0.2) is 41.4 Å². The number of piperidine rings is 1. The molecule has 1 aromatic heterocycles. The standard InChI is InChI=1S/C24H27ClN4O2/c1-31-20-12-10-18(11-13-20)22(28-14-6-3-7-15-28)17-26-21-16-27-29(24(30)23(21)25)19-8-4-2-5-9-19/h2,4-5,8-13,16,22,26H,3,6-7,14-15,17H2,1H3. The van der Waals surface area contributed by atoms with Crippen LogP contribution >= 0.6 is 11.6 Å². The molecule has 0 saturated carbocycles. The Balaban J connectivity index is 1.56. The molecule has 1 aliphatic heterocycles. The highest BCUT2D eigenvalue weighted by Gasteiger charge is 2.23. The Morgan fingerprint density at radius 2 is 1.77 bits per heavy atom. The van der Waals surface area contributed by atoms with E-state index in [-0.39, 0.29) is 16.6 Å². The number of ether oxygens (including phenoxy) is 1. The Morgan fingerprint density at radius 3 is 2.45 bits per heavy atom. The van der Waals surface area contributed by atoms with Crippen molar-refractivity contribution in [3.8, 4) is 11.4 Å². The van der Waals surface area contributed by atoms with Crippen LogP contribution in [0.1, 0.15) is 30.9 Å². The molecule has 3 aromatic rings. The van der Waals surface area contributed by atoms with Crippen LogP contribution in [0.2, 0.25) is 5.02 Å². The predicted octanol–water partition coefficient (Wildman–Crippen LogP) is 4.53. The smallest absolute Gasteiger partial charge is 0.292 e. The van der Waals surface area contributed by atoms with E-state index in [0.717, 1.165) is 18.8 Å². The highest BCUT2D eigenvalue weighted by molar-refractivity contribution is 6.32. The first-order chi connectivity index (χ1) is 15.2. The highest BCUT2D eigenvalue weighted by atomic mass is 35.5. The van der Waals surface area contributed by atoms with E-state index in [0.29, 0.717) is 17.9 Å². The average Bonchev–Trinajstić information content (AvgIpc) is 2.83. The summed E-state index contributed by atoms with van der Waals surface area (Å²) < 4.78 is 6.63. The van der Waals surface area contributed by atoms with E-state index < -0.39 is 0 Å². The van der Waals surface area contributed by atoms with E-state index in [9.17, 15) is 4.79 Å². The molecule has 0 bridgehead atoms. The molecule has 2 aromatic carbocycles. The summed E-state index contributed by atoms with van der Waals surface area (Å²) in [5.41, 5.74) is 2.11. The van der Waals surface area contributed by atoms with Crippen molar-refractivity contribution in [2.24, 2.45) is 0 Å². The normalized spacial score (nSPS) is 15.4. The summed E-state index contributed by atoms with van der Waals surface area (Å²) in [6, 6.07) is 17.6. The summed E-state index contributed by atoms with van der Waals surface area (Å²) in [6.07, 6.45) is 5.29. The Bertz CT molecular complexity index is 1050. The lowest BCUT2D eigenvalue weighted by molar-refractivity contribution is 0.170. The van der Waals surface area contributed by atoms with Gasteiger partial charge in [-0.05, 0) is 55.8 Å². The first kappa shape index (κ1) is 21.4. The number of aromatic nitrogens is 2. The van der Waals surface area contributed by atoms with Crippen molar-refractivity contribution in [3.63, 3.8) is 0 Å². The maximum atomic E-state index is 12.8. The molecule has 1 saturated heterocycles. The topological polar surface area (TPSA) is 59.4 Å². The van der Waals surface area contributed by atoms with Gasteiger partial charge in [0.25, 0.3) is 5.56 Å². The van der Waals surface area contributed by atoms with E-state index >= 15 is 0 Å². The molecule has 1 fully saturated rings. The fourth-order valence-corrected chi connectivity index (χ4v) is 4.23. The Labute approximate surface area is 187 Å². The zero-order valence-corrected chi connectivity index (χ0v) is 18.4. The third-order valence-electron chi connectivity index (χ3n) is 5.74. The van der Waals surface area contributed by atoms with Crippen LogP contribution < -0.4 is 15.6 Å². The minimum Gasteiger partial charge on any atom is -0.497 e. The molecule has 2 heterocycles. The number of methoxy groups -OCH3 is 1. The lowest BCUT2D eigenvalue weighted by Crippen LogP contribution is -2.37. The van der Waals surface area contributed by atoms with Crippen molar-refractivity contribution in [2.45, 2.75) is 25.3 Å². The molecular formula is C24H27ClN4O2. The van der Waals surface area contributed by atoms with Gasteiger partial charge in [-0.25, -0.2) is 0 Å². The quantitative estimate of drug-likeness (QED) is 0.587. The minimum absolute atomic E-state index is 0.144. The summed E-state index contributed by atoms with van der Waals surface area (Å²) >= 11 is 6.44. The molecule has 0 spiro atoms. The summed E-state index contributed by atoms with van der Waals surface area (Å²) in [5.74, 6) is 0.839. The van der Waals surface area contributed by atoms with Gasteiger partial charge in [-0.15, -0.1) is 0 Å². The van der Waals surface area contributed by atoms with Crippen LogP contribution in [0, 0.1) is 0 Å². The molecule has 0 aliphatic carbocycles. The highest BCUT2D eigenvalue weighted by Crippen LogP contribution is 2.27. The summed E-state index contributed by atoms with van der Waals surface area (Å²) in [5, 5.41) is 7.84. The van der Waals surface area contributed by atoms with Crippen molar-refractivity contribution >= 4 is 17.3 Å². The molecular weight excluding hydrogens is 412 g/mol. The third kappa shape index (κ3) is 4.92. The first-order valence-electron chi connectivity index (χ1n) is 10.6. The van der Waals surface area contributed by atoms with E-state index in [1.165, 1.54) is 29.5 Å². The number of anilines is 1. The minimum atomic E-state index is -0.336. The van der Waals surface area contributed by atoms with Crippen molar-refractivity contribution in [1.82, 2.24) is 14.7 Å². The Morgan fingerprint density at radius 1 is 1.06 bits per heavy atom. The molecule has 31 heavy (non-hydrogen) atoms. The fraction of sp³-hybridized carbons (Fsp3) is 0.333. The van der Waals surface area contributed by atoms with Crippen LogP contribution in [0.25, 0.3) is 5.69 Å². The Hall–Kier alpha value is -2.83. The largest absolute Gasteiger partial charge is 0.497 e. The molecule has 1 unspecified atom stereocenters. The van der Waals surface area contributed by atoms with Gasteiger partial charge in [-0.2, -0.15) is 9.78 Å². The summed E-state index contributed by atoms with van der Waals surface area (Å²) in [6.45, 7) is 2.74. The number of benzene rings is 2. The molecule has 0 radical (unpaired) electrons. The molecule has 1 N–H and O–H groups in total. The van der Waals surface area contributed by atoms with Gasteiger partial charge in [0.15, 0.2) is 0 Å². The van der Waals surface area contributed by atoms with Crippen LogP contribution in [0.5, 0.6) is 5.75 Å². The molecule has 0 amide bonds. The second-order valence-electron chi connectivity index (χ2n) is 7.69. The Kier molecular flexibility index (Phi) is 6.89. The molecule has 162 valence electrons. The molecule has 7 heteroatoms. The number of likely N-dealkylation sites (tertiary alicyclic amines) is 1. The van der Waals surface area contributed by atoms with Gasteiger partial charge in [-0.3, -0.25) is 9.69 Å². The number of rotatable bonds is 7. The lowest BCUT2D eigenvalue weighted by Gasteiger charge is -2.35. The van der Waals surface area contributed by atoms with Gasteiger partial charge in [0.05, 0.1) is 30.7 Å². The van der Waals surface area contributed by atoms with Crippen LogP contribution in [0.4, 0.5) is 5.69 Å². The van der Waals surface area contributed by atoms with E-state index in [4.69, 9.17) is 16.3 Å². The number of para-hydroxylation sites is 1. The number of nitrogens with zero attached hydrogens (tertiary/aromatic N) is 3. The zero-order valence-electron chi connectivity index (χ0n) is 17.6. The van der Waals surface area contributed by atoms with Crippen molar-refractivity contribution in [3.05, 3.63) is 81.7 Å². The van der Waals surface area contributed by atoms with E-state index in [2.05, 4.69) is 27.4 Å². The first-order valence-corrected chi connectivity index (χ1v) is 11.0. The van der Waals surface area contributed by atoms with Gasteiger partial charge in [0.2, 0.25) is 0 Å². The van der Waals surface area contributed by atoms with Gasteiger partial charge >= 0.3 is 0 Å².